The number of amides is 1. The van der Waals surface area contributed by atoms with Gasteiger partial charge in [-0.3, -0.25) is 14.9 Å². The minimum absolute atomic E-state index is 0.144. The number of aromatic nitrogens is 2. The minimum atomic E-state index is -0.571. The van der Waals surface area contributed by atoms with E-state index in [1.54, 1.807) is 17.3 Å². The molecule has 0 N–H and O–H groups in total. The summed E-state index contributed by atoms with van der Waals surface area (Å²) in [4.78, 5) is 23.4. The molecule has 27 heavy (non-hydrogen) atoms. The van der Waals surface area contributed by atoms with Gasteiger partial charge in [0.05, 0.1) is 34.7 Å². The molecular weight excluding hydrogens is 345 g/mol. The van der Waals surface area contributed by atoms with E-state index in [0.717, 1.165) is 18.5 Å². The van der Waals surface area contributed by atoms with Crippen molar-refractivity contribution >= 4 is 18.8 Å². The molecule has 0 saturated carbocycles. The second kappa shape index (κ2) is 6.74. The first-order valence-corrected chi connectivity index (χ1v) is 9.57. The topological polar surface area (TPSA) is 73.8 Å². The van der Waals surface area contributed by atoms with Crippen LogP contribution >= 0.6 is 0 Å². The van der Waals surface area contributed by atoms with Crippen molar-refractivity contribution < 1.29 is 18.8 Å². The largest absolute Gasteiger partial charge is 0.516 e. The van der Waals surface area contributed by atoms with Crippen LogP contribution < -0.4 is 5.59 Å². The molecule has 2 fully saturated rings. The fraction of sp³-hybridized carbons (Fsp3) is 0.737. The van der Waals surface area contributed by atoms with E-state index in [1.807, 2.05) is 48.5 Å². The zero-order valence-electron chi connectivity index (χ0n) is 17.4. The van der Waals surface area contributed by atoms with Crippen molar-refractivity contribution in [2.75, 3.05) is 6.54 Å². The van der Waals surface area contributed by atoms with Crippen molar-refractivity contribution in [3.05, 3.63) is 18.1 Å². The molecule has 1 unspecified atom stereocenters. The van der Waals surface area contributed by atoms with Crippen molar-refractivity contribution in [1.29, 1.82) is 0 Å². The molecule has 1 atom stereocenters. The summed E-state index contributed by atoms with van der Waals surface area (Å²) in [6.07, 6.45) is 4.81. The third-order valence-corrected chi connectivity index (χ3v) is 5.39. The van der Waals surface area contributed by atoms with Crippen LogP contribution in [0, 0.1) is 0 Å². The number of rotatable bonds is 2. The predicted molar refractivity (Wildman–Crippen MR) is 103 cm³/mol. The first-order valence-electron chi connectivity index (χ1n) is 9.57. The highest BCUT2D eigenvalue weighted by atomic mass is 16.7. The minimum Gasteiger partial charge on any atom is -0.444 e. The van der Waals surface area contributed by atoms with Crippen LogP contribution in [0.1, 0.15) is 73.0 Å². The van der Waals surface area contributed by atoms with Gasteiger partial charge < -0.3 is 14.0 Å². The van der Waals surface area contributed by atoms with Gasteiger partial charge in [0.15, 0.2) is 0 Å². The average Bonchev–Trinajstić information content (AvgIpc) is 3.09. The number of carbonyl (C=O) groups excluding carboxylic acids is 1. The Balaban J connectivity index is 1.80. The van der Waals surface area contributed by atoms with E-state index in [0.29, 0.717) is 12.1 Å². The first kappa shape index (κ1) is 20.1. The van der Waals surface area contributed by atoms with E-state index in [9.17, 15) is 4.79 Å². The van der Waals surface area contributed by atoms with Gasteiger partial charge in [0.1, 0.15) is 5.60 Å². The van der Waals surface area contributed by atoms with Crippen LogP contribution in [-0.2, 0) is 14.0 Å². The standard InChI is InChI=1S/C19H30BN3O4/c1-17(2,3)25-16(24)23-10-8-9-14(23)13-11-21-12-15(22-13)20-26-18(4,5)19(6,7)27-20/h11-12,14H,8-10H2,1-7H3. The maximum atomic E-state index is 12.6. The van der Waals surface area contributed by atoms with Crippen molar-refractivity contribution in [1.82, 2.24) is 14.9 Å². The normalized spacial score (nSPS) is 24.3. The zero-order chi connectivity index (χ0) is 20.0. The van der Waals surface area contributed by atoms with Crippen LogP contribution in [0.25, 0.3) is 0 Å². The summed E-state index contributed by atoms with van der Waals surface area (Å²) in [6.45, 7) is 14.3. The Morgan fingerprint density at radius 2 is 1.85 bits per heavy atom. The van der Waals surface area contributed by atoms with E-state index in [1.165, 1.54) is 0 Å². The fourth-order valence-corrected chi connectivity index (χ4v) is 3.25. The summed E-state index contributed by atoms with van der Waals surface area (Å²) in [5, 5.41) is 0. The molecule has 1 amide bonds. The zero-order valence-corrected chi connectivity index (χ0v) is 17.4. The third kappa shape index (κ3) is 4.11. The van der Waals surface area contributed by atoms with Gasteiger partial charge in [-0.25, -0.2) is 4.79 Å². The van der Waals surface area contributed by atoms with Gasteiger partial charge in [-0.15, -0.1) is 0 Å². The summed E-state index contributed by atoms with van der Waals surface area (Å²) in [5.41, 5.74) is -0.0375. The number of hydrogen-bond acceptors (Lipinski definition) is 6. The van der Waals surface area contributed by atoms with Crippen LogP contribution in [0.3, 0.4) is 0 Å². The van der Waals surface area contributed by atoms with Crippen molar-refractivity contribution in [2.24, 2.45) is 0 Å². The Labute approximate surface area is 161 Å². The van der Waals surface area contributed by atoms with Crippen LogP contribution in [-0.4, -0.2) is 51.4 Å². The van der Waals surface area contributed by atoms with Crippen molar-refractivity contribution in [3.63, 3.8) is 0 Å². The summed E-state index contributed by atoms with van der Waals surface area (Å²) in [6, 6.07) is -0.144. The van der Waals surface area contributed by atoms with Crippen molar-refractivity contribution in [2.45, 2.75) is 84.2 Å². The summed E-state index contributed by atoms with van der Waals surface area (Å²) >= 11 is 0. The quantitative estimate of drug-likeness (QED) is 0.740. The second-order valence-corrected chi connectivity index (χ2v) is 9.29. The average molecular weight is 375 g/mol. The van der Waals surface area contributed by atoms with E-state index in [2.05, 4.69) is 4.98 Å². The Kier molecular flexibility index (Phi) is 5.01. The van der Waals surface area contributed by atoms with Gasteiger partial charge in [0.25, 0.3) is 0 Å². The lowest BCUT2D eigenvalue weighted by Crippen LogP contribution is -2.41. The predicted octanol–water partition coefficient (Wildman–Crippen LogP) is 2.85. The molecule has 7 nitrogen and oxygen atoms in total. The molecule has 2 aliphatic heterocycles. The highest BCUT2D eigenvalue weighted by molar-refractivity contribution is 6.61. The maximum absolute atomic E-state index is 12.6. The van der Waals surface area contributed by atoms with Gasteiger partial charge in [-0.1, -0.05) is 0 Å². The maximum Gasteiger partial charge on any atom is 0.516 e. The van der Waals surface area contributed by atoms with Crippen LogP contribution in [0.15, 0.2) is 12.4 Å². The summed E-state index contributed by atoms with van der Waals surface area (Å²) in [5.74, 6) is 0. The van der Waals surface area contributed by atoms with Crippen LogP contribution in [0.5, 0.6) is 0 Å². The van der Waals surface area contributed by atoms with Crippen LogP contribution in [0.4, 0.5) is 4.79 Å². The molecule has 1 aromatic rings. The molecule has 148 valence electrons. The highest BCUT2D eigenvalue weighted by Gasteiger charge is 2.52. The van der Waals surface area contributed by atoms with Crippen LogP contribution in [0.2, 0.25) is 0 Å². The van der Waals surface area contributed by atoms with Gasteiger partial charge >= 0.3 is 13.2 Å². The molecule has 2 saturated heterocycles. The number of ether oxygens (including phenoxy) is 1. The first-order chi connectivity index (χ1) is 12.4. The van der Waals surface area contributed by atoms with Gasteiger partial charge in [-0.05, 0) is 61.3 Å². The summed E-state index contributed by atoms with van der Waals surface area (Å²) < 4.78 is 17.7. The van der Waals surface area contributed by atoms with Gasteiger partial charge in [0, 0.05) is 12.7 Å². The lowest BCUT2D eigenvalue weighted by molar-refractivity contribution is 0.00578. The van der Waals surface area contributed by atoms with Gasteiger partial charge in [0.2, 0.25) is 0 Å². The van der Waals surface area contributed by atoms with Gasteiger partial charge in [-0.2, -0.15) is 0 Å². The smallest absolute Gasteiger partial charge is 0.444 e. The number of nitrogens with zero attached hydrogens (tertiary/aromatic N) is 3. The highest BCUT2D eigenvalue weighted by Crippen LogP contribution is 2.36. The molecule has 3 rings (SSSR count). The molecule has 2 aliphatic rings. The van der Waals surface area contributed by atoms with Crippen molar-refractivity contribution in [3.8, 4) is 0 Å². The summed E-state index contributed by atoms with van der Waals surface area (Å²) in [7, 11) is -0.571. The number of hydrogen-bond donors (Lipinski definition) is 0. The number of likely N-dealkylation sites (tertiary alicyclic amines) is 1. The van der Waals surface area contributed by atoms with E-state index < -0.39 is 23.9 Å². The molecule has 0 bridgehead atoms. The molecule has 0 aliphatic carbocycles. The Morgan fingerprint density at radius 1 is 1.22 bits per heavy atom. The molecule has 0 aromatic carbocycles. The SMILES string of the molecule is CC(C)(C)OC(=O)N1CCCC1c1cncc(B2OC(C)(C)C(C)(C)O2)n1. The van der Waals surface area contributed by atoms with E-state index in [-0.39, 0.29) is 12.1 Å². The van der Waals surface area contributed by atoms with E-state index in [4.69, 9.17) is 19.0 Å². The molecule has 8 heteroatoms. The fourth-order valence-electron chi connectivity index (χ4n) is 3.25. The monoisotopic (exact) mass is 375 g/mol. The molecule has 1 aromatic heterocycles. The Morgan fingerprint density at radius 3 is 2.44 bits per heavy atom. The Bertz CT molecular complexity index is 701. The molecule has 0 radical (unpaired) electrons. The lowest BCUT2D eigenvalue weighted by atomic mass is 9.85. The molecule has 0 spiro atoms. The molecular formula is C19H30BN3O4. The lowest BCUT2D eigenvalue weighted by Gasteiger charge is -2.32. The second-order valence-electron chi connectivity index (χ2n) is 9.29. The van der Waals surface area contributed by atoms with E-state index >= 15 is 0 Å². The Hall–Kier alpha value is -1.67. The number of carbonyl (C=O) groups is 1. The molecule has 3 heterocycles. The third-order valence-electron chi connectivity index (χ3n) is 5.39.